The lowest BCUT2D eigenvalue weighted by Gasteiger charge is -2.10. The molecule has 1 aromatic heterocycles. The van der Waals surface area contributed by atoms with E-state index < -0.39 is 5.97 Å². The van der Waals surface area contributed by atoms with Crippen molar-refractivity contribution in [2.24, 2.45) is 0 Å². The van der Waals surface area contributed by atoms with Crippen LogP contribution in [0.25, 0.3) is 0 Å². The molecular formula is C10H9NO5. The Hall–Kier alpha value is -2.11. The summed E-state index contributed by atoms with van der Waals surface area (Å²) in [7, 11) is 0. The number of rotatable bonds is 3. The van der Waals surface area contributed by atoms with Gasteiger partial charge in [0.05, 0.1) is 12.1 Å². The molecule has 0 aromatic carbocycles. The van der Waals surface area contributed by atoms with Gasteiger partial charge in [0.25, 0.3) is 0 Å². The van der Waals surface area contributed by atoms with E-state index in [9.17, 15) is 14.4 Å². The molecular weight excluding hydrogens is 214 g/mol. The highest BCUT2D eigenvalue weighted by atomic mass is 16.4. The fourth-order valence-corrected chi connectivity index (χ4v) is 1.53. The summed E-state index contributed by atoms with van der Waals surface area (Å²) in [5.74, 6) is -1.31. The third-order valence-corrected chi connectivity index (χ3v) is 2.37. The number of amides is 2. The zero-order chi connectivity index (χ0) is 11.7. The number of nitrogens with zero attached hydrogens (tertiary/aromatic N) is 1. The van der Waals surface area contributed by atoms with Crippen molar-refractivity contribution in [1.82, 2.24) is 4.90 Å². The molecule has 6 nitrogen and oxygen atoms in total. The first-order valence-corrected chi connectivity index (χ1v) is 4.72. The number of aromatic carboxylic acids is 1. The van der Waals surface area contributed by atoms with E-state index in [1.165, 1.54) is 6.07 Å². The van der Waals surface area contributed by atoms with Crippen LogP contribution < -0.4 is 0 Å². The van der Waals surface area contributed by atoms with Crippen LogP contribution in [0.4, 0.5) is 0 Å². The van der Waals surface area contributed by atoms with Crippen LogP contribution in [0.2, 0.25) is 0 Å². The van der Waals surface area contributed by atoms with Crippen LogP contribution in [-0.2, 0) is 16.1 Å². The van der Waals surface area contributed by atoms with E-state index >= 15 is 0 Å². The Morgan fingerprint density at radius 3 is 2.50 bits per heavy atom. The quantitative estimate of drug-likeness (QED) is 0.759. The van der Waals surface area contributed by atoms with Gasteiger partial charge >= 0.3 is 5.97 Å². The molecule has 0 saturated carbocycles. The molecule has 0 spiro atoms. The van der Waals surface area contributed by atoms with E-state index in [1.54, 1.807) is 0 Å². The monoisotopic (exact) mass is 223 g/mol. The maximum absolute atomic E-state index is 11.3. The SMILES string of the molecule is O=C(O)c1coc(CN2C(=O)CCC2=O)c1. The predicted molar refractivity (Wildman–Crippen MR) is 50.5 cm³/mol. The van der Waals surface area contributed by atoms with E-state index in [0.29, 0.717) is 5.76 Å². The van der Waals surface area contributed by atoms with E-state index in [2.05, 4.69) is 0 Å². The summed E-state index contributed by atoms with van der Waals surface area (Å²) in [6.45, 7) is 0.00491. The summed E-state index contributed by atoms with van der Waals surface area (Å²) in [6.07, 6.45) is 1.51. The van der Waals surface area contributed by atoms with Gasteiger partial charge in [-0.1, -0.05) is 0 Å². The number of carbonyl (C=O) groups is 3. The summed E-state index contributed by atoms with van der Waals surface area (Å²) in [4.78, 5) is 34.2. The number of likely N-dealkylation sites (tertiary alicyclic amines) is 1. The Morgan fingerprint density at radius 1 is 1.38 bits per heavy atom. The Kier molecular flexibility index (Phi) is 2.47. The topological polar surface area (TPSA) is 87.8 Å². The second-order valence-electron chi connectivity index (χ2n) is 3.48. The van der Waals surface area contributed by atoms with Gasteiger partial charge in [-0.3, -0.25) is 14.5 Å². The van der Waals surface area contributed by atoms with Gasteiger partial charge in [0, 0.05) is 12.8 Å². The van der Waals surface area contributed by atoms with Crippen molar-refractivity contribution in [1.29, 1.82) is 0 Å². The number of carboxylic acids is 1. The van der Waals surface area contributed by atoms with Gasteiger partial charge in [0.1, 0.15) is 12.0 Å². The Morgan fingerprint density at radius 2 is 2.00 bits per heavy atom. The first-order chi connectivity index (χ1) is 7.58. The fraction of sp³-hybridized carbons (Fsp3) is 0.300. The highest BCUT2D eigenvalue weighted by molar-refractivity contribution is 6.01. The summed E-state index contributed by atoms with van der Waals surface area (Å²) in [5, 5.41) is 8.66. The van der Waals surface area contributed by atoms with Crippen LogP contribution in [0.15, 0.2) is 16.7 Å². The molecule has 2 amide bonds. The van der Waals surface area contributed by atoms with Gasteiger partial charge in [-0.15, -0.1) is 0 Å². The van der Waals surface area contributed by atoms with Crippen molar-refractivity contribution >= 4 is 17.8 Å². The third kappa shape index (κ3) is 1.81. The molecule has 0 atom stereocenters. The van der Waals surface area contributed by atoms with Crippen molar-refractivity contribution in [3.63, 3.8) is 0 Å². The highest BCUT2D eigenvalue weighted by Gasteiger charge is 2.29. The van der Waals surface area contributed by atoms with Crippen LogP contribution in [-0.4, -0.2) is 27.8 Å². The molecule has 1 aliphatic rings. The van der Waals surface area contributed by atoms with Gasteiger partial charge in [0.15, 0.2) is 0 Å². The van der Waals surface area contributed by atoms with Crippen LogP contribution >= 0.6 is 0 Å². The minimum atomic E-state index is -1.10. The number of carboxylic acid groups (broad SMARTS) is 1. The molecule has 16 heavy (non-hydrogen) atoms. The van der Waals surface area contributed by atoms with E-state index in [4.69, 9.17) is 9.52 Å². The number of carbonyl (C=O) groups excluding carboxylic acids is 2. The van der Waals surface area contributed by atoms with Crippen LogP contribution in [0, 0.1) is 0 Å². The number of imide groups is 1. The standard InChI is InChI=1S/C10H9NO5/c12-8-1-2-9(13)11(8)4-7-3-6(5-16-7)10(14)15/h3,5H,1-2,4H2,(H,14,15). The molecule has 1 N–H and O–H groups in total. The average molecular weight is 223 g/mol. The highest BCUT2D eigenvalue weighted by Crippen LogP contribution is 2.17. The number of hydrogen-bond acceptors (Lipinski definition) is 4. The van der Waals surface area contributed by atoms with Gasteiger partial charge in [-0.2, -0.15) is 0 Å². The summed E-state index contributed by atoms with van der Waals surface area (Å²) in [6, 6.07) is 1.31. The first-order valence-electron chi connectivity index (χ1n) is 4.72. The zero-order valence-electron chi connectivity index (χ0n) is 8.30. The van der Waals surface area contributed by atoms with E-state index in [1.807, 2.05) is 0 Å². The van der Waals surface area contributed by atoms with Crippen LogP contribution in [0.3, 0.4) is 0 Å². The molecule has 0 unspecified atom stereocenters. The largest absolute Gasteiger partial charge is 0.478 e. The van der Waals surface area contributed by atoms with Gasteiger partial charge in [-0.25, -0.2) is 4.79 Å². The summed E-state index contributed by atoms with van der Waals surface area (Å²) >= 11 is 0. The molecule has 1 aromatic rings. The van der Waals surface area contributed by atoms with Crippen molar-refractivity contribution < 1.29 is 23.9 Å². The molecule has 0 aliphatic carbocycles. The summed E-state index contributed by atoms with van der Waals surface area (Å²) < 4.78 is 4.96. The normalized spacial score (nSPS) is 15.9. The lowest BCUT2D eigenvalue weighted by Crippen LogP contribution is -2.28. The Bertz CT molecular complexity index is 446. The van der Waals surface area contributed by atoms with Gasteiger partial charge < -0.3 is 9.52 Å². The lowest BCUT2D eigenvalue weighted by molar-refractivity contribution is -0.139. The van der Waals surface area contributed by atoms with Crippen molar-refractivity contribution in [2.45, 2.75) is 19.4 Å². The van der Waals surface area contributed by atoms with Gasteiger partial charge in [-0.05, 0) is 6.07 Å². The molecule has 0 radical (unpaired) electrons. The summed E-state index contributed by atoms with van der Waals surface area (Å²) in [5.41, 5.74) is 0.00842. The van der Waals surface area contributed by atoms with Crippen molar-refractivity contribution in [2.75, 3.05) is 0 Å². The number of furan rings is 1. The molecule has 0 bridgehead atoms. The maximum atomic E-state index is 11.3. The van der Waals surface area contributed by atoms with E-state index in [-0.39, 0.29) is 36.8 Å². The van der Waals surface area contributed by atoms with Crippen molar-refractivity contribution in [3.05, 3.63) is 23.7 Å². The van der Waals surface area contributed by atoms with Gasteiger partial charge in [0.2, 0.25) is 11.8 Å². The number of hydrogen-bond donors (Lipinski definition) is 1. The molecule has 2 rings (SSSR count). The molecule has 84 valence electrons. The minimum Gasteiger partial charge on any atom is -0.478 e. The Balaban J connectivity index is 2.11. The molecule has 2 heterocycles. The maximum Gasteiger partial charge on any atom is 0.338 e. The smallest absolute Gasteiger partial charge is 0.338 e. The molecule has 1 fully saturated rings. The third-order valence-electron chi connectivity index (χ3n) is 2.37. The molecule has 1 aliphatic heterocycles. The first kappa shape index (κ1) is 10.4. The van der Waals surface area contributed by atoms with E-state index in [0.717, 1.165) is 11.2 Å². The lowest BCUT2D eigenvalue weighted by atomic mass is 10.3. The second-order valence-corrected chi connectivity index (χ2v) is 3.48. The van der Waals surface area contributed by atoms with Crippen LogP contribution in [0.1, 0.15) is 29.0 Å². The van der Waals surface area contributed by atoms with Crippen LogP contribution in [0.5, 0.6) is 0 Å². The Labute approximate surface area is 90.4 Å². The fourth-order valence-electron chi connectivity index (χ4n) is 1.53. The average Bonchev–Trinajstić information content (AvgIpc) is 2.80. The minimum absolute atomic E-state index is 0.00491. The zero-order valence-corrected chi connectivity index (χ0v) is 8.30. The van der Waals surface area contributed by atoms with Crippen molar-refractivity contribution in [3.8, 4) is 0 Å². The molecule has 1 saturated heterocycles. The second kappa shape index (κ2) is 3.80. The molecule has 6 heteroatoms. The predicted octanol–water partition coefficient (Wildman–Crippen LogP) is 0.627.